The Morgan fingerprint density at radius 3 is 2.76 bits per heavy atom. The molecule has 1 amide bonds. The standard InChI is InChI=1S/C19H26N4OS/c1-19(2,3)12-7-8-14-15(9-12)25-18(20-14)21-17(24)13-10-23(4)22-16(13)11-5-6-11/h10-12H,5-9H2,1-4H3,(H,20,21,24). The highest BCUT2D eigenvalue weighted by Gasteiger charge is 2.33. The molecule has 134 valence electrons. The van der Waals surface area contributed by atoms with Crippen molar-refractivity contribution >= 4 is 22.4 Å². The average Bonchev–Trinajstić information content (AvgIpc) is 3.18. The lowest BCUT2D eigenvalue weighted by Gasteiger charge is -2.33. The molecule has 1 atom stereocenters. The van der Waals surface area contributed by atoms with E-state index in [4.69, 9.17) is 0 Å². The van der Waals surface area contributed by atoms with Crippen LogP contribution in [0.25, 0.3) is 0 Å². The summed E-state index contributed by atoms with van der Waals surface area (Å²) in [6, 6.07) is 0. The van der Waals surface area contributed by atoms with Gasteiger partial charge >= 0.3 is 0 Å². The van der Waals surface area contributed by atoms with Gasteiger partial charge in [0, 0.05) is 24.0 Å². The van der Waals surface area contributed by atoms with Crippen LogP contribution in [-0.2, 0) is 19.9 Å². The van der Waals surface area contributed by atoms with E-state index < -0.39 is 0 Å². The van der Waals surface area contributed by atoms with Crippen LogP contribution >= 0.6 is 11.3 Å². The van der Waals surface area contributed by atoms with Crippen LogP contribution in [0, 0.1) is 11.3 Å². The highest BCUT2D eigenvalue weighted by Crippen LogP contribution is 2.42. The van der Waals surface area contributed by atoms with Crippen molar-refractivity contribution < 1.29 is 4.79 Å². The fraction of sp³-hybridized carbons (Fsp3) is 0.632. The highest BCUT2D eigenvalue weighted by molar-refractivity contribution is 7.15. The first-order valence-electron chi connectivity index (χ1n) is 9.14. The van der Waals surface area contributed by atoms with Gasteiger partial charge in [-0.3, -0.25) is 14.8 Å². The molecule has 1 N–H and O–H groups in total. The monoisotopic (exact) mass is 358 g/mol. The molecule has 1 fully saturated rings. The van der Waals surface area contributed by atoms with Crippen LogP contribution in [0.15, 0.2) is 6.20 Å². The van der Waals surface area contributed by atoms with Gasteiger partial charge < -0.3 is 0 Å². The molecule has 1 saturated carbocycles. The summed E-state index contributed by atoms with van der Waals surface area (Å²) in [5, 5.41) is 8.23. The molecule has 5 nitrogen and oxygen atoms in total. The number of amides is 1. The number of rotatable bonds is 3. The minimum Gasteiger partial charge on any atom is -0.298 e. The van der Waals surface area contributed by atoms with Crippen molar-refractivity contribution in [1.82, 2.24) is 14.8 Å². The van der Waals surface area contributed by atoms with Crippen LogP contribution in [0.1, 0.15) is 72.6 Å². The third-order valence-electron chi connectivity index (χ3n) is 5.45. The van der Waals surface area contributed by atoms with Crippen LogP contribution in [-0.4, -0.2) is 20.7 Å². The van der Waals surface area contributed by atoms with Gasteiger partial charge in [0.15, 0.2) is 5.13 Å². The van der Waals surface area contributed by atoms with Crippen molar-refractivity contribution in [2.75, 3.05) is 5.32 Å². The topological polar surface area (TPSA) is 59.8 Å². The van der Waals surface area contributed by atoms with E-state index in [-0.39, 0.29) is 5.91 Å². The van der Waals surface area contributed by atoms with Gasteiger partial charge in [-0.25, -0.2) is 4.98 Å². The smallest absolute Gasteiger partial charge is 0.260 e. The molecule has 0 radical (unpaired) electrons. The third kappa shape index (κ3) is 3.36. The lowest BCUT2D eigenvalue weighted by molar-refractivity contribution is 0.102. The predicted octanol–water partition coefficient (Wildman–Crippen LogP) is 4.16. The normalized spacial score (nSPS) is 20.4. The zero-order valence-electron chi connectivity index (χ0n) is 15.4. The number of thiazole rings is 1. The molecule has 2 heterocycles. The maximum Gasteiger partial charge on any atom is 0.260 e. The fourth-order valence-corrected chi connectivity index (χ4v) is 4.75. The Hall–Kier alpha value is -1.69. The predicted molar refractivity (Wildman–Crippen MR) is 100 cm³/mol. The summed E-state index contributed by atoms with van der Waals surface area (Å²) in [5.41, 5.74) is 3.13. The minimum atomic E-state index is -0.0755. The van der Waals surface area contributed by atoms with Crippen LogP contribution in [0.4, 0.5) is 5.13 Å². The number of carbonyl (C=O) groups is 1. The number of nitrogens with zero attached hydrogens (tertiary/aromatic N) is 3. The molecule has 1 unspecified atom stereocenters. The van der Waals surface area contributed by atoms with Crippen LogP contribution < -0.4 is 5.32 Å². The molecule has 0 spiro atoms. The van der Waals surface area contributed by atoms with E-state index in [1.54, 1.807) is 16.0 Å². The van der Waals surface area contributed by atoms with Crippen molar-refractivity contribution in [2.45, 2.75) is 58.8 Å². The molecular formula is C19H26N4OS. The second-order valence-corrected chi connectivity index (χ2v) is 9.61. The number of carbonyl (C=O) groups excluding carboxylic acids is 1. The molecule has 0 bridgehead atoms. The Bertz CT molecular complexity index is 810. The second-order valence-electron chi connectivity index (χ2n) is 8.52. The lowest BCUT2D eigenvalue weighted by Crippen LogP contribution is -2.26. The van der Waals surface area contributed by atoms with Crippen molar-refractivity contribution in [2.24, 2.45) is 18.4 Å². The van der Waals surface area contributed by atoms with Gasteiger partial charge in [-0.05, 0) is 43.4 Å². The van der Waals surface area contributed by atoms with Crippen LogP contribution in [0.5, 0.6) is 0 Å². The zero-order valence-corrected chi connectivity index (χ0v) is 16.2. The zero-order chi connectivity index (χ0) is 17.8. The van der Waals surface area contributed by atoms with E-state index in [9.17, 15) is 4.79 Å². The molecule has 0 aromatic carbocycles. The highest BCUT2D eigenvalue weighted by atomic mass is 32.1. The summed E-state index contributed by atoms with van der Waals surface area (Å²) >= 11 is 1.64. The van der Waals surface area contributed by atoms with Crippen LogP contribution in [0.2, 0.25) is 0 Å². The third-order valence-corrected chi connectivity index (χ3v) is 6.49. The second kappa shape index (κ2) is 5.94. The molecule has 6 heteroatoms. The molecular weight excluding hydrogens is 332 g/mol. The average molecular weight is 359 g/mol. The number of hydrogen-bond acceptors (Lipinski definition) is 4. The molecule has 0 aliphatic heterocycles. The minimum absolute atomic E-state index is 0.0755. The number of fused-ring (bicyclic) bond motifs is 1. The number of aryl methyl sites for hydroxylation is 2. The van der Waals surface area contributed by atoms with E-state index in [1.807, 2.05) is 13.2 Å². The van der Waals surface area contributed by atoms with Gasteiger partial charge in [-0.2, -0.15) is 5.10 Å². The van der Waals surface area contributed by atoms with Gasteiger partial charge in [0.05, 0.1) is 17.0 Å². The maximum absolute atomic E-state index is 12.7. The largest absolute Gasteiger partial charge is 0.298 e. The van der Waals surface area contributed by atoms with Crippen molar-refractivity contribution in [3.63, 3.8) is 0 Å². The van der Waals surface area contributed by atoms with Gasteiger partial charge in [-0.1, -0.05) is 20.8 Å². The van der Waals surface area contributed by atoms with E-state index in [1.165, 1.54) is 17.0 Å². The van der Waals surface area contributed by atoms with Gasteiger partial charge in [0.2, 0.25) is 0 Å². The number of hydrogen-bond donors (Lipinski definition) is 1. The molecule has 25 heavy (non-hydrogen) atoms. The quantitative estimate of drug-likeness (QED) is 0.896. The molecule has 2 aromatic heterocycles. The Morgan fingerprint density at radius 1 is 1.32 bits per heavy atom. The molecule has 4 rings (SSSR count). The Morgan fingerprint density at radius 2 is 2.08 bits per heavy atom. The molecule has 2 aliphatic carbocycles. The first-order chi connectivity index (χ1) is 11.8. The summed E-state index contributed by atoms with van der Waals surface area (Å²) in [4.78, 5) is 18.8. The van der Waals surface area contributed by atoms with E-state index in [0.29, 0.717) is 22.8 Å². The Balaban J connectivity index is 1.51. The van der Waals surface area contributed by atoms with E-state index in [0.717, 1.165) is 36.5 Å². The summed E-state index contributed by atoms with van der Waals surface area (Å²) < 4.78 is 1.74. The summed E-state index contributed by atoms with van der Waals surface area (Å²) in [5.74, 6) is 1.07. The summed E-state index contributed by atoms with van der Waals surface area (Å²) in [6.07, 6.45) is 7.37. The first kappa shape index (κ1) is 16.8. The summed E-state index contributed by atoms with van der Waals surface area (Å²) in [6.45, 7) is 6.94. The molecule has 2 aromatic rings. The van der Waals surface area contributed by atoms with Gasteiger partial charge in [0.1, 0.15) is 0 Å². The number of aromatic nitrogens is 3. The van der Waals surface area contributed by atoms with Crippen molar-refractivity contribution in [3.05, 3.63) is 28.0 Å². The molecule has 0 saturated heterocycles. The maximum atomic E-state index is 12.7. The Kier molecular flexibility index (Phi) is 3.98. The fourth-order valence-electron chi connectivity index (χ4n) is 3.67. The number of anilines is 1. The van der Waals surface area contributed by atoms with Crippen LogP contribution in [0.3, 0.4) is 0 Å². The van der Waals surface area contributed by atoms with E-state index in [2.05, 4.69) is 36.2 Å². The lowest BCUT2D eigenvalue weighted by atomic mass is 9.73. The van der Waals surface area contributed by atoms with Gasteiger partial charge in [-0.15, -0.1) is 11.3 Å². The van der Waals surface area contributed by atoms with E-state index >= 15 is 0 Å². The summed E-state index contributed by atoms with van der Waals surface area (Å²) in [7, 11) is 1.87. The Labute approximate surface area is 152 Å². The number of nitrogens with one attached hydrogen (secondary N) is 1. The van der Waals surface area contributed by atoms with Crippen molar-refractivity contribution in [1.29, 1.82) is 0 Å². The van der Waals surface area contributed by atoms with Gasteiger partial charge in [0.25, 0.3) is 5.91 Å². The first-order valence-corrected chi connectivity index (χ1v) is 9.96. The molecule has 2 aliphatic rings. The SMILES string of the molecule is Cn1cc(C(=O)Nc2nc3c(s2)CC(C(C)(C)C)CC3)c(C2CC2)n1. The van der Waals surface area contributed by atoms with Crippen molar-refractivity contribution in [3.8, 4) is 0 Å².